The molecule has 0 radical (unpaired) electrons. The summed E-state index contributed by atoms with van der Waals surface area (Å²) in [5.41, 5.74) is 2.28. The largest absolute Gasteiger partial charge is 0.374 e. The first-order valence-corrected chi connectivity index (χ1v) is 8.98. The van der Waals surface area contributed by atoms with E-state index in [4.69, 9.17) is 4.74 Å². The molecule has 4 heterocycles. The number of benzene rings is 1. The summed E-state index contributed by atoms with van der Waals surface area (Å²) in [5, 5.41) is 0. The molecule has 122 valence electrons. The van der Waals surface area contributed by atoms with Gasteiger partial charge in [-0.15, -0.1) is 0 Å². The second-order valence-corrected chi connectivity index (χ2v) is 7.70. The average molecular weight is 312 g/mol. The number of hydrogen-bond acceptors (Lipinski definition) is 3. The Bertz CT molecular complexity index is 611. The monoisotopic (exact) mass is 312 g/mol. The van der Waals surface area contributed by atoms with Crippen molar-refractivity contribution in [3.05, 3.63) is 29.8 Å². The van der Waals surface area contributed by atoms with E-state index < -0.39 is 0 Å². The summed E-state index contributed by atoms with van der Waals surface area (Å²) in [7, 11) is 0. The number of nitrogens with zero attached hydrogens (tertiary/aromatic N) is 2. The van der Waals surface area contributed by atoms with Crippen LogP contribution in [0.5, 0.6) is 0 Å². The molecular weight excluding hydrogens is 288 g/mol. The van der Waals surface area contributed by atoms with Gasteiger partial charge in [-0.25, -0.2) is 0 Å². The van der Waals surface area contributed by atoms with Crippen LogP contribution in [0.3, 0.4) is 0 Å². The highest BCUT2D eigenvalue weighted by atomic mass is 16.5. The van der Waals surface area contributed by atoms with Crippen LogP contribution < -0.4 is 4.90 Å². The molecule has 0 spiro atoms. The van der Waals surface area contributed by atoms with Crippen LogP contribution in [0.25, 0.3) is 0 Å². The molecule has 4 fully saturated rings. The van der Waals surface area contributed by atoms with E-state index in [9.17, 15) is 4.79 Å². The maximum atomic E-state index is 12.9. The zero-order chi connectivity index (χ0) is 15.6. The van der Waals surface area contributed by atoms with Crippen molar-refractivity contribution < 1.29 is 9.53 Å². The average Bonchev–Trinajstić information content (AvgIpc) is 3.28. The number of carbonyl (C=O) groups is 1. The molecule has 4 nitrogen and oxygen atoms in total. The van der Waals surface area contributed by atoms with Gasteiger partial charge in [-0.05, 0) is 38.3 Å². The second-order valence-electron chi connectivity index (χ2n) is 7.70. The maximum Gasteiger partial charge on any atom is 0.244 e. The minimum atomic E-state index is 0.0845. The van der Waals surface area contributed by atoms with Gasteiger partial charge in [-0.1, -0.05) is 17.7 Å². The van der Waals surface area contributed by atoms with Gasteiger partial charge in [0, 0.05) is 37.2 Å². The molecule has 1 amide bonds. The summed E-state index contributed by atoms with van der Waals surface area (Å²) in [4.78, 5) is 17.4. The molecule has 23 heavy (non-hydrogen) atoms. The lowest BCUT2D eigenvalue weighted by Crippen LogP contribution is -2.41. The number of aryl methyl sites for hydroxylation is 1. The van der Waals surface area contributed by atoms with Crippen LogP contribution >= 0.6 is 0 Å². The van der Waals surface area contributed by atoms with Crippen molar-refractivity contribution in [1.29, 1.82) is 0 Å². The van der Waals surface area contributed by atoms with Gasteiger partial charge < -0.3 is 9.64 Å². The normalized spacial score (nSPS) is 39.4. The van der Waals surface area contributed by atoms with Crippen LogP contribution in [0.4, 0.5) is 5.69 Å². The third-order valence-electron chi connectivity index (χ3n) is 6.44. The van der Waals surface area contributed by atoms with E-state index in [1.165, 1.54) is 18.4 Å². The molecule has 0 saturated carbocycles. The number of carbonyl (C=O) groups excluding carboxylic acids is 1. The molecule has 4 heteroatoms. The summed E-state index contributed by atoms with van der Waals surface area (Å²) in [5.74, 6) is 1.65. The van der Waals surface area contributed by atoms with Gasteiger partial charge in [0.2, 0.25) is 5.91 Å². The van der Waals surface area contributed by atoms with Gasteiger partial charge in [-0.3, -0.25) is 9.69 Å². The first kappa shape index (κ1) is 14.0. The fourth-order valence-corrected chi connectivity index (χ4v) is 5.23. The third-order valence-corrected chi connectivity index (χ3v) is 6.44. The lowest BCUT2D eigenvalue weighted by Gasteiger charge is -2.25. The van der Waals surface area contributed by atoms with Gasteiger partial charge >= 0.3 is 0 Å². The van der Waals surface area contributed by atoms with E-state index in [1.54, 1.807) is 0 Å². The highest BCUT2D eigenvalue weighted by Crippen LogP contribution is 2.48. The van der Waals surface area contributed by atoms with Crippen molar-refractivity contribution in [1.82, 2.24) is 4.90 Å². The number of hydrogen-bond donors (Lipinski definition) is 0. The Morgan fingerprint density at radius 1 is 1.00 bits per heavy atom. The number of rotatable bonds is 2. The highest BCUT2D eigenvalue weighted by Gasteiger charge is 2.55. The van der Waals surface area contributed by atoms with Crippen LogP contribution in [-0.2, 0) is 9.53 Å². The Kier molecular flexibility index (Phi) is 3.07. The topological polar surface area (TPSA) is 32.8 Å². The fourth-order valence-electron chi connectivity index (χ4n) is 5.23. The minimum absolute atomic E-state index is 0.0845. The number of likely N-dealkylation sites (tertiary alicyclic amines) is 1. The van der Waals surface area contributed by atoms with E-state index in [0.717, 1.165) is 31.7 Å². The van der Waals surface area contributed by atoms with Crippen LogP contribution in [-0.4, -0.2) is 48.7 Å². The van der Waals surface area contributed by atoms with Crippen LogP contribution in [0.15, 0.2) is 24.3 Å². The summed E-state index contributed by atoms with van der Waals surface area (Å²) in [6, 6.07) is 8.41. The van der Waals surface area contributed by atoms with E-state index in [-0.39, 0.29) is 6.04 Å². The molecule has 1 aromatic rings. The summed E-state index contributed by atoms with van der Waals surface area (Å²) >= 11 is 0. The number of amides is 1. The summed E-state index contributed by atoms with van der Waals surface area (Å²) < 4.78 is 6.06. The zero-order valence-electron chi connectivity index (χ0n) is 13.6. The molecule has 5 unspecified atom stereocenters. The second kappa shape index (κ2) is 5.05. The Balaban J connectivity index is 1.31. The number of ether oxygens (including phenoxy) is 1. The quantitative estimate of drug-likeness (QED) is 0.839. The lowest BCUT2D eigenvalue weighted by atomic mass is 9.82. The fraction of sp³-hybridized carbons (Fsp3) is 0.632. The Morgan fingerprint density at radius 3 is 2.30 bits per heavy atom. The first-order chi connectivity index (χ1) is 11.2. The first-order valence-electron chi connectivity index (χ1n) is 8.98. The molecule has 5 atom stereocenters. The molecule has 4 aliphatic heterocycles. The summed E-state index contributed by atoms with van der Waals surface area (Å²) in [6.07, 6.45) is 4.36. The van der Waals surface area contributed by atoms with Crippen molar-refractivity contribution in [3.8, 4) is 0 Å². The smallest absolute Gasteiger partial charge is 0.244 e. The van der Waals surface area contributed by atoms with Crippen LogP contribution in [0.1, 0.15) is 24.8 Å². The molecule has 0 N–H and O–H groups in total. The van der Waals surface area contributed by atoms with E-state index in [1.807, 2.05) is 4.90 Å². The van der Waals surface area contributed by atoms with Gasteiger partial charge in [-0.2, -0.15) is 0 Å². The van der Waals surface area contributed by atoms with E-state index in [2.05, 4.69) is 36.1 Å². The maximum absolute atomic E-state index is 12.9. The van der Waals surface area contributed by atoms with E-state index in [0.29, 0.717) is 30.0 Å². The van der Waals surface area contributed by atoms with Gasteiger partial charge in [0.1, 0.15) is 0 Å². The van der Waals surface area contributed by atoms with Crippen molar-refractivity contribution in [3.63, 3.8) is 0 Å². The third kappa shape index (κ3) is 2.08. The predicted molar refractivity (Wildman–Crippen MR) is 88.4 cm³/mol. The summed E-state index contributed by atoms with van der Waals surface area (Å²) in [6.45, 7) is 5.05. The van der Waals surface area contributed by atoms with Gasteiger partial charge in [0.05, 0.1) is 18.2 Å². The molecule has 0 aliphatic carbocycles. The molecule has 5 rings (SSSR count). The Morgan fingerprint density at radius 2 is 1.65 bits per heavy atom. The molecular formula is C19H24N2O2. The van der Waals surface area contributed by atoms with Crippen molar-refractivity contribution in [2.45, 2.75) is 44.4 Å². The lowest BCUT2D eigenvalue weighted by molar-refractivity contribution is -0.121. The zero-order valence-corrected chi connectivity index (χ0v) is 13.6. The number of anilines is 1. The van der Waals surface area contributed by atoms with Gasteiger partial charge in [0.15, 0.2) is 0 Å². The minimum Gasteiger partial charge on any atom is -0.374 e. The van der Waals surface area contributed by atoms with Crippen LogP contribution in [0.2, 0.25) is 0 Å². The molecule has 4 aliphatic rings. The predicted octanol–water partition coefficient (Wildman–Crippen LogP) is 2.21. The van der Waals surface area contributed by atoms with Crippen molar-refractivity contribution >= 4 is 11.6 Å². The SMILES string of the molecule is Cc1ccc(N2CCC(N3CC4C5CCC(O5)C4C3)C2=O)cc1. The standard InChI is InChI=1S/C19H24N2O2/c1-12-2-4-13(5-3-12)21-9-8-16(19(21)22)20-10-14-15(11-20)18-7-6-17(14)23-18/h2-5,14-18H,6-11H2,1H3. The van der Waals surface area contributed by atoms with Crippen molar-refractivity contribution in [2.24, 2.45) is 11.8 Å². The number of fused-ring (bicyclic) bond motifs is 5. The van der Waals surface area contributed by atoms with Crippen molar-refractivity contribution in [2.75, 3.05) is 24.5 Å². The highest BCUT2D eigenvalue weighted by molar-refractivity contribution is 5.99. The molecule has 0 aromatic heterocycles. The molecule has 2 bridgehead atoms. The van der Waals surface area contributed by atoms with E-state index >= 15 is 0 Å². The van der Waals surface area contributed by atoms with Crippen LogP contribution in [0, 0.1) is 18.8 Å². The molecule has 4 saturated heterocycles. The Hall–Kier alpha value is -1.39. The van der Waals surface area contributed by atoms with Gasteiger partial charge in [0.25, 0.3) is 0 Å². The molecule has 1 aromatic carbocycles. The Labute approximate surface area is 137 Å².